The number of nitro benzene ring substituents is 1. The number of hydrogen-bond donors (Lipinski definition) is 0. The number of para-hydroxylation sites is 1. The van der Waals surface area contributed by atoms with Crippen LogP contribution < -0.4 is 4.74 Å². The van der Waals surface area contributed by atoms with Crippen LogP contribution in [0.3, 0.4) is 0 Å². The molecule has 0 saturated heterocycles. The molecule has 1 atom stereocenters. The van der Waals surface area contributed by atoms with Crippen molar-refractivity contribution in [3.63, 3.8) is 0 Å². The number of ether oxygens (including phenoxy) is 1. The average Bonchev–Trinajstić information content (AvgIpc) is 2.33. The van der Waals surface area contributed by atoms with Crippen LogP contribution in [0, 0.1) is 27.8 Å². The van der Waals surface area contributed by atoms with Crippen molar-refractivity contribution in [3.05, 3.63) is 34.1 Å². The van der Waals surface area contributed by atoms with Crippen molar-refractivity contribution in [3.8, 4) is 5.75 Å². The molecule has 1 rings (SSSR count). The first-order chi connectivity index (χ1) is 9.61. The van der Waals surface area contributed by atoms with Gasteiger partial charge in [-0.2, -0.15) is 0 Å². The predicted molar refractivity (Wildman–Crippen MR) is 76.5 cm³/mol. The van der Waals surface area contributed by atoms with E-state index in [9.17, 15) is 22.9 Å². The summed E-state index contributed by atoms with van der Waals surface area (Å²) in [6, 6.07) is 3.34. The highest BCUT2D eigenvalue weighted by Crippen LogP contribution is 2.30. The predicted octanol–water partition coefficient (Wildman–Crippen LogP) is 2.95. The van der Waals surface area contributed by atoms with Gasteiger partial charge >= 0.3 is 5.69 Å². The Kier molecular flexibility index (Phi) is 5.91. The van der Waals surface area contributed by atoms with Crippen LogP contribution in [0.1, 0.15) is 13.8 Å². The topological polar surface area (TPSA) is 86.5 Å². The van der Waals surface area contributed by atoms with Crippen molar-refractivity contribution in [1.29, 1.82) is 0 Å². The van der Waals surface area contributed by atoms with Crippen molar-refractivity contribution in [2.24, 2.45) is 11.8 Å². The summed E-state index contributed by atoms with van der Waals surface area (Å²) in [5.74, 6) is -2.34. The summed E-state index contributed by atoms with van der Waals surface area (Å²) in [5, 5.41) is 10.8. The highest BCUT2D eigenvalue weighted by molar-refractivity contribution is 8.13. The summed E-state index contributed by atoms with van der Waals surface area (Å²) in [6.07, 6.45) is 0. The quantitative estimate of drug-likeness (QED) is 0.433. The maximum Gasteiger partial charge on any atom is 0.314 e. The highest BCUT2D eigenvalue weighted by atomic mass is 35.7. The zero-order chi connectivity index (χ0) is 16.2. The summed E-state index contributed by atoms with van der Waals surface area (Å²) in [5.41, 5.74) is -0.508. The van der Waals surface area contributed by atoms with Gasteiger partial charge in [-0.15, -0.1) is 0 Å². The van der Waals surface area contributed by atoms with E-state index in [2.05, 4.69) is 0 Å². The first-order valence-electron chi connectivity index (χ1n) is 6.10. The molecule has 0 radical (unpaired) electrons. The summed E-state index contributed by atoms with van der Waals surface area (Å²) >= 11 is 0. The van der Waals surface area contributed by atoms with Crippen LogP contribution in [0.5, 0.6) is 5.75 Å². The zero-order valence-corrected chi connectivity index (χ0v) is 13.0. The van der Waals surface area contributed by atoms with Crippen LogP contribution in [0.25, 0.3) is 0 Å². The normalized spacial score (nSPS) is 13.2. The summed E-state index contributed by atoms with van der Waals surface area (Å²) in [6.45, 7) is 3.32. The van der Waals surface area contributed by atoms with Gasteiger partial charge in [-0.25, -0.2) is 12.8 Å². The molecule has 0 bridgehead atoms. The Labute approximate surface area is 126 Å². The Morgan fingerprint density at radius 2 is 2.05 bits per heavy atom. The lowest BCUT2D eigenvalue weighted by Crippen LogP contribution is -2.25. The van der Waals surface area contributed by atoms with Gasteiger partial charge in [-0.3, -0.25) is 10.1 Å². The van der Waals surface area contributed by atoms with E-state index in [1.165, 1.54) is 6.07 Å². The number of nitrogens with zero attached hydrogens (tertiary/aromatic N) is 1. The van der Waals surface area contributed by atoms with Crippen LogP contribution in [0.15, 0.2) is 18.2 Å². The molecule has 0 aliphatic rings. The minimum absolute atomic E-state index is 0.107. The van der Waals surface area contributed by atoms with Crippen molar-refractivity contribution < 1.29 is 22.5 Å². The fourth-order valence-corrected chi connectivity index (χ4v) is 3.14. The molecule has 6 nitrogen and oxygen atoms in total. The van der Waals surface area contributed by atoms with Crippen LogP contribution in [-0.2, 0) is 9.05 Å². The Bertz CT molecular complexity index is 620. The minimum Gasteiger partial charge on any atom is -0.484 e. The lowest BCUT2D eigenvalue weighted by molar-refractivity contribution is -0.386. The second kappa shape index (κ2) is 7.04. The molecular weight excluding hydrogens is 325 g/mol. The standard InChI is InChI=1S/C12H15ClFNO5S/c1-8(2)9(7-21(13,18)19)6-20-12-10(14)4-3-5-11(12)15(16)17/h3-5,8-9H,6-7H2,1-2H3. The Hall–Kier alpha value is -1.41. The molecule has 0 aliphatic heterocycles. The molecule has 0 aromatic heterocycles. The van der Waals surface area contributed by atoms with Gasteiger partial charge < -0.3 is 4.74 Å². The summed E-state index contributed by atoms with van der Waals surface area (Å²) in [7, 11) is 1.46. The Morgan fingerprint density at radius 1 is 1.43 bits per heavy atom. The van der Waals surface area contributed by atoms with E-state index in [1.54, 1.807) is 13.8 Å². The molecule has 118 valence electrons. The lowest BCUT2D eigenvalue weighted by atomic mass is 9.99. The van der Waals surface area contributed by atoms with Gasteiger partial charge in [0.1, 0.15) is 0 Å². The molecule has 1 aromatic rings. The minimum atomic E-state index is -3.74. The van der Waals surface area contributed by atoms with Gasteiger partial charge in [0.25, 0.3) is 0 Å². The van der Waals surface area contributed by atoms with E-state index >= 15 is 0 Å². The molecular formula is C12H15ClFNO5S. The van der Waals surface area contributed by atoms with Crippen molar-refractivity contribution in [1.82, 2.24) is 0 Å². The van der Waals surface area contributed by atoms with E-state index in [0.29, 0.717) is 0 Å². The molecule has 0 aliphatic carbocycles. The summed E-state index contributed by atoms with van der Waals surface area (Å²) < 4.78 is 41.0. The second-order valence-electron chi connectivity index (χ2n) is 4.87. The molecule has 0 N–H and O–H groups in total. The molecule has 0 heterocycles. The Morgan fingerprint density at radius 3 is 2.52 bits per heavy atom. The fourth-order valence-electron chi connectivity index (χ4n) is 1.66. The van der Waals surface area contributed by atoms with E-state index in [0.717, 1.165) is 12.1 Å². The number of hydrogen-bond acceptors (Lipinski definition) is 5. The van der Waals surface area contributed by atoms with Crippen LogP contribution >= 0.6 is 10.7 Å². The summed E-state index contributed by atoms with van der Waals surface area (Å²) in [4.78, 5) is 10.1. The van der Waals surface area contributed by atoms with Gasteiger partial charge in [0.2, 0.25) is 14.8 Å². The smallest absolute Gasteiger partial charge is 0.314 e. The molecule has 9 heteroatoms. The van der Waals surface area contributed by atoms with Crippen LogP contribution in [0.2, 0.25) is 0 Å². The third kappa shape index (κ3) is 5.47. The third-order valence-electron chi connectivity index (χ3n) is 2.94. The molecule has 0 saturated carbocycles. The van der Waals surface area contributed by atoms with Gasteiger partial charge in [-0.05, 0) is 12.0 Å². The van der Waals surface area contributed by atoms with Crippen molar-refractivity contribution >= 4 is 25.4 Å². The van der Waals surface area contributed by atoms with E-state index in [4.69, 9.17) is 15.4 Å². The van der Waals surface area contributed by atoms with Gasteiger partial charge in [0.15, 0.2) is 5.82 Å². The zero-order valence-electron chi connectivity index (χ0n) is 11.5. The number of halogens is 2. The van der Waals surface area contributed by atoms with Crippen LogP contribution in [-0.4, -0.2) is 25.7 Å². The molecule has 0 spiro atoms. The SMILES string of the molecule is CC(C)C(COc1c(F)cccc1[N+](=O)[O-])CS(=O)(=O)Cl. The second-order valence-corrected chi connectivity index (χ2v) is 7.69. The average molecular weight is 340 g/mol. The van der Waals surface area contributed by atoms with Crippen molar-refractivity contribution in [2.75, 3.05) is 12.4 Å². The third-order valence-corrected chi connectivity index (χ3v) is 4.14. The molecule has 0 fully saturated rings. The fraction of sp³-hybridized carbons (Fsp3) is 0.500. The van der Waals surface area contributed by atoms with E-state index in [1.807, 2.05) is 0 Å². The van der Waals surface area contributed by atoms with Crippen LogP contribution in [0.4, 0.5) is 10.1 Å². The lowest BCUT2D eigenvalue weighted by Gasteiger charge is -2.19. The number of nitro groups is 1. The first kappa shape index (κ1) is 17.6. The molecule has 0 amide bonds. The molecule has 1 aromatic carbocycles. The number of rotatable bonds is 7. The van der Waals surface area contributed by atoms with Crippen molar-refractivity contribution in [2.45, 2.75) is 13.8 Å². The monoisotopic (exact) mass is 339 g/mol. The highest BCUT2D eigenvalue weighted by Gasteiger charge is 2.25. The largest absolute Gasteiger partial charge is 0.484 e. The maximum atomic E-state index is 13.6. The van der Waals surface area contributed by atoms with Gasteiger partial charge in [0, 0.05) is 22.7 Å². The number of benzene rings is 1. The van der Waals surface area contributed by atoms with Gasteiger partial charge in [0.05, 0.1) is 17.3 Å². The Balaban J connectivity index is 2.93. The molecule has 1 unspecified atom stereocenters. The maximum absolute atomic E-state index is 13.6. The van der Waals surface area contributed by atoms with Gasteiger partial charge in [-0.1, -0.05) is 19.9 Å². The van der Waals surface area contributed by atoms with E-state index in [-0.39, 0.29) is 18.3 Å². The molecule has 21 heavy (non-hydrogen) atoms. The van der Waals surface area contributed by atoms with E-state index < -0.39 is 37.1 Å². The first-order valence-corrected chi connectivity index (χ1v) is 8.57.